The standard InChI is InChI=1S/C24H28N2O7/c1-14-12-24(30)33-21(17-8-9-19-18(13-17)25-16(3)26(19)4)6-5-7-22(28)32-15(2)20(27)10-11-23(29)31-14/h5,7-11,13-15,20-21,27H,6,12H2,1-4H3/b7-5+,11-10+/t14-,15-,20+,21?/m0/s1. The van der Waals surface area contributed by atoms with Crippen LogP contribution in [0.15, 0.2) is 42.5 Å². The lowest BCUT2D eigenvalue weighted by molar-refractivity contribution is -0.155. The van der Waals surface area contributed by atoms with Gasteiger partial charge in [-0.1, -0.05) is 12.1 Å². The Balaban J connectivity index is 1.87. The molecule has 176 valence electrons. The molecule has 0 fully saturated rings. The van der Waals surface area contributed by atoms with Gasteiger partial charge in [0.1, 0.15) is 30.2 Å². The molecule has 0 aliphatic carbocycles. The summed E-state index contributed by atoms with van der Waals surface area (Å²) in [6, 6.07) is 5.59. The van der Waals surface area contributed by atoms with Crippen LogP contribution in [0.3, 0.4) is 0 Å². The molecule has 4 atom stereocenters. The van der Waals surface area contributed by atoms with Gasteiger partial charge in [-0.25, -0.2) is 14.6 Å². The summed E-state index contributed by atoms with van der Waals surface area (Å²) in [7, 11) is 1.92. The Bertz CT molecular complexity index is 1100. The third-order valence-corrected chi connectivity index (χ3v) is 5.36. The Kier molecular flexibility index (Phi) is 7.65. The van der Waals surface area contributed by atoms with Gasteiger partial charge in [0.25, 0.3) is 0 Å². The number of esters is 3. The molecule has 1 unspecified atom stereocenters. The smallest absolute Gasteiger partial charge is 0.330 e. The molecular formula is C24H28N2O7. The molecule has 0 amide bonds. The van der Waals surface area contributed by atoms with E-state index in [4.69, 9.17) is 14.2 Å². The van der Waals surface area contributed by atoms with Crippen LogP contribution in [0, 0.1) is 6.92 Å². The number of nitrogens with zero attached hydrogens (tertiary/aromatic N) is 2. The molecule has 3 rings (SSSR count). The molecule has 0 saturated heterocycles. The van der Waals surface area contributed by atoms with Crippen LogP contribution in [0.2, 0.25) is 0 Å². The first kappa shape index (κ1) is 24.2. The summed E-state index contributed by atoms with van der Waals surface area (Å²) < 4.78 is 18.0. The number of carbonyl (C=O) groups is 3. The summed E-state index contributed by atoms with van der Waals surface area (Å²) in [5, 5.41) is 10.1. The van der Waals surface area contributed by atoms with Crippen LogP contribution in [-0.2, 0) is 35.6 Å². The minimum Gasteiger partial charge on any atom is -0.459 e. The van der Waals surface area contributed by atoms with E-state index in [1.165, 1.54) is 19.1 Å². The van der Waals surface area contributed by atoms with Crippen LogP contribution >= 0.6 is 0 Å². The zero-order valence-corrected chi connectivity index (χ0v) is 19.1. The van der Waals surface area contributed by atoms with E-state index in [0.29, 0.717) is 5.56 Å². The maximum absolute atomic E-state index is 12.6. The fourth-order valence-corrected chi connectivity index (χ4v) is 3.42. The first-order valence-electron chi connectivity index (χ1n) is 10.7. The molecule has 33 heavy (non-hydrogen) atoms. The molecule has 1 aliphatic heterocycles. The van der Waals surface area contributed by atoms with Crippen molar-refractivity contribution in [2.24, 2.45) is 7.05 Å². The number of aryl methyl sites for hydroxylation is 2. The van der Waals surface area contributed by atoms with Gasteiger partial charge in [-0.2, -0.15) is 0 Å². The van der Waals surface area contributed by atoms with Crippen molar-refractivity contribution in [3.63, 3.8) is 0 Å². The second-order valence-electron chi connectivity index (χ2n) is 8.03. The highest BCUT2D eigenvalue weighted by Gasteiger charge is 2.22. The van der Waals surface area contributed by atoms with Gasteiger partial charge >= 0.3 is 17.9 Å². The Morgan fingerprint density at radius 2 is 1.79 bits per heavy atom. The molecule has 9 nitrogen and oxygen atoms in total. The first-order valence-corrected chi connectivity index (χ1v) is 10.7. The summed E-state index contributed by atoms with van der Waals surface area (Å²) in [4.78, 5) is 41.1. The number of benzene rings is 1. The number of imidazole rings is 1. The number of ether oxygens (including phenoxy) is 3. The Morgan fingerprint density at radius 3 is 2.55 bits per heavy atom. The first-order chi connectivity index (χ1) is 15.6. The second-order valence-corrected chi connectivity index (χ2v) is 8.03. The van der Waals surface area contributed by atoms with Crippen LogP contribution in [0.1, 0.15) is 44.2 Å². The lowest BCUT2D eigenvalue weighted by Gasteiger charge is -2.19. The molecule has 2 aromatic rings. The quantitative estimate of drug-likeness (QED) is 0.514. The molecule has 0 spiro atoms. The number of hydrogen-bond acceptors (Lipinski definition) is 8. The van der Waals surface area contributed by atoms with Crippen molar-refractivity contribution in [2.45, 2.75) is 58.0 Å². The average molecular weight is 456 g/mol. The minimum atomic E-state index is -1.19. The van der Waals surface area contributed by atoms with Crippen LogP contribution < -0.4 is 0 Å². The molecule has 0 saturated carbocycles. The lowest BCUT2D eigenvalue weighted by atomic mass is 10.0. The number of rotatable bonds is 1. The molecular weight excluding hydrogens is 428 g/mol. The number of aliphatic hydroxyl groups excluding tert-OH is 1. The van der Waals surface area contributed by atoms with Crippen LogP contribution in [0.5, 0.6) is 0 Å². The van der Waals surface area contributed by atoms with Gasteiger partial charge in [0.15, 0.2) is 0 Å². The van der Waals surface area contributed by atoms with Gasteiger partial charge in [0.05, 0.1) is 17.5 Å². The summed E-state index contributed by atoms with van der Waals surface area (Å²) in [6.07, 6.45) is 1.56. The van der Waals surface area contributed by atoms with Gasteiger partial charge < -0.3 is 23.9 Å². The highest BCUT2D eigenvalue weighted by atomic mass is 16.6. The minimum absolute atomic E-state index is 0.147. The van der Waals surface area contributed by atoms with E-state index >= 15 is 0 Å². The van der Waals surface area contributed by atoms with Crippen molar-refractivity contribution in [3.8, 4) is 0 Å². The number of aromatic nitrogens is 2. The molecule has 0 radical (unpaired) electrons. The average Bonchev–Trinajstić information content (AvgIpc) is 3.03. The Labute approximate surface area is 191 Å². The van der Waals surface area contributed by atoms with E-state index in [0.717, 1.165) is 22.9 Å². The van der Waals surface area contributed by atoms with Crippen LogP contribution in [-0.4, -0.2) is 50.9 Å². The van der Waals surface area contributed by atoms with Crippen molar-refractivity contribution < 1.29 is 33.7 Å². The fraction of sp³-hybridized carbons (Fsp3) is 0.417. The number of aliphatic hydroxyl groups is 1. The van der Waals surface area contributed by atoms with Gasteiger partial charge in [-0.05, 0) is 44.5 Å². The molecule has 0 bridgehead atoms. The van der Waals surface area contributed by atoms with E-state index in [1.807, 2.05) is 36.7 Å². The Hall–Kier alpha value is -3.46. The SMILES string of the molecule is Cc1nc2cc(C3C/C=C/C(=O)O[C@@H](C)[C@H](O)/C=C/C(=O)O[C@@H](C)CC(=O)O3)ccc2n1C. The maximum atomic E-state index is 12.6. The molecule has 9 heteroatoms. The molecule has 1 aromatic heterocycles. The van der Waals surface area contributed by atoms with Crippen LogP contribution in [0.4, 0.5) is 0 Å². The fourth-order valence-electron chi connectivity index (χ4n) is 3.42. The second kappa shape index (κ2) is 10.4. The summed E-state index contributed by atoms with van der Waals surface area (Å²) in [5.74, 6) is -1.11. The third kappa shape index (κ3) is 6.29. The summed E-state index contributed by atoms with van der Waals surface area (Å²) in [6.45, 7) is 4.98. The van der Waals surface area contributed by atoms with Crippen molar-refractivity contribution in [1.29, 1.82) is 0 Å². The normalized spacial score (nSPS) is 27.5. The Morgan fingerprint density at radius 1 is 1.06 bits per heavy atom. The lowest BCUT2D eigenvalue weighted by Crippen LogP contribution is -2.27. The van der Waals surface area contributed by atoms with Crippen molar-refractivity contribution in [1.82, 2.24) is 9.55 Å². The molecule has 2 heterocycles. The highest BCUT2D eigenvalue weighted by Crippen LogP contribution is 2.27. The van der Waals surface area contributed by atoms with E-state index in [2.05, 4.69) is 4.98 Å². The van der Waals surface area contributed by atoms with E-state index in [-0.39, 0.29) is 12.8 Å². The number of hydrogen-bond donors (Lipinski definition) is 1. The number of cyclic esters (lactones) is 3. The van der Waals surface area contributed by atoms with E-state index < -0.39 is 42.3 Å². The number of fused-ring (bicyclic) bond motifs is 1. The van der Waals surface area contributed by atoms with Crippen LogP contribution in [0.25, 0.3) is 11.0 Å². The summed E-state index contributed by atoms with van der Waals surface area (Å²) in [5.41, 5.74) is 2.41. The van der Waals surface area contributed by atoms with E-state index in [9.17, 15) is 19.5 Å². The third-order valence-electron chi connectivity index (χ3n) is 5.36. The van der Waals surface area contributed by atoms with Gasteiger partial charge in [-0.15, -0.1) is 0 Å². The number of carbonyl (C=O) groups excluding carboxylic acids is 3. The van der Waals surface area contributed by atoms with E-state index in [1.54, 1.807) is 13.0 Å². The predicted octanol–water partition coefficient (Wildman–Crippen LogP) is 2.60. The largest absolute Gasteiger partial charge is 0.459 e. The van der Waals surface area contributed by atoms with Crippen molar-refractivity contribution in [3.05, 3.63) is 53.9 Å². The zero-order valence-electron chi connectivity index (χ0n) is 19.1. The van der Waals surface area contributed by atoms with Gasteiger partial charge in [0.2, 0.25) is 0 Å². The van der Waals surface area contributed by atoms with Gasteiger partial charge in [-0.3, -0.25) is 4.79 Å². The highest BCUT2D eigenvalue weighted by molar-refractivity contribution is 5.83. The molecule has 1 aliphatic rings. The summed E-state index contributed by atoms with van der Waals surface area (Å²) >= 11 is 0. The molecule has 1 aromatic carbocycles. The monoisotopic (exact) mass is 456 g/mol. The predicted molar refractivity (Wildman–Crippen MR) is 119 cm³/mol. The van der Waals surface area contributed by atoms with Crippen molar-refractivity contribution >= 4 is 28.9 Å². The zero-order chi connectivity index (χ0) is 24.1. The maximum Gasteiger partial charge on any atom is 0.330 e. The topological polar surface area (TPSA) is 117 Å². The van der Waals surface area contributed by atoms with Crippen molar-refractivity contribution in [2.75, 3.05) is 0 Å². The van der Waals surface area contributed by atoms with Gasteiger partial charge in [0, 0.05) is 25.6 Å². The molecule has 1 N–H and O–H groups in total.